The molecule has 2 saturated heterocycles. The van der Waals surface area contributed by atoms with Crippen LogP contribution in [0.5, 0.6) is 0 Å². The molecule has 0 aromatic heterocycles. The fourth-order valence-electron chi connectivity index (χ4n) is 5.12. The first kappa shape index (κ1) is 19.8. The van der Waals surface area contributed by atoms with Crippen LogP contribution in [-0.2, 0) is 19.9 Å². The molecule has 30 heavy (non-hydrogen) atoms. The Kier molecular flexibility index (Phi) is 4.76. The van der Waals surface area contributed by atoms with Gasteiger partial charge in [-0.2, -0.15) is 11.8 Å². The van der Waals surface area contributed by atoms with E-state index in [2.05, 4.69) is 26.6 Å². The molecule has 3 amide bonds. The number of amides is 3. The molecule has 3 heterocycles. The van der Waals surface area contributed by atoms with Crippen molar-refractivity contribution in [2.24, 2.45) is 11.8 Å². The predicted octanol–water partition coefficient (Wildman–Crippen LogP) is 3.13. The summed E-state index contributed by atoms with van der Waals surface area (Å²) in [6.45, 7) is 0. The Bertz CT molecular complexity index is 1080. The van der Waals surface area contributed by atoms with E-state index in [-0.39, 0.29) is 23.8 Å². The van der Waals surface area contributed by atoms with Crippen molar-refractivity contribution in [2.45, 2.75) is 18.0 Å². The molecule has 2 fully saturated rings. The number of hydrogen-bond acceptors (Lipinski definition) is 5. The third-order valence-corrected chi connectivity index (χ3v) is 7.66. The van der Waals surface area contributed by atoms with Gasteiger partial charge in [0.15, 0.2) is 0 Å². The van der Waals surface area contributed by atoms with E-state index in [1.807, 2.05) is 36.6 Å². The Morgan fingerprint density at radius 3 is 2.57 bits per heavy atom. The van der Waals surface area contributed by atoms with Gasteiger partial charge in [0, 0.05) is 21.8 Å². The fourth-order valence-corrected chi connectivity index (χ4v) is 6.07. The minimum Gasteiger partial charge on any atom is -0.324 e. The Balaban J connectivity index is 1.66. The van der Waals surface area contributed by atoms with Gasteiger partial charge in [0.25, 0.3) is 0 Å². The summed E-state index contributed by atoms with van der Waals surface area (Å²) in [5.74, 6) is -1.38. The van der Waals surface area contributed by atoms with Crippen LogP contribution in [0.1, 0.15) is 12.0 Å². The molecule has 6 nitrogen and oxygen atoms in total. The molecule has 4 atom stereocenters. The van der Waals surface area contributed by atoms with E-state index in [1.165, 1.54) is 4.90 Å². The lowest BCUT2D eigenvalue weighted by atomic mass is 9.76. The maximum atomic E-state index is 13.7. The first-order valence-corrected chi connectivity index (χ1v) is 12.0. The molecular formula is C22H20BrN3O3S. The van der Waals surface area contributed by atoms with Crippen molar-refractivity contribution in [1.82, 2.24) is 5.32 Å². The van der Waals surface area contributed by atoms with Crippen molar-refractivity contribution in [3.63, 3.8) is 0 Å². The smallest absolute Gasteiger partial charge is 0.250 e. The lowest BCUT2D eigenvalue weighted by Gasteiger charge is -2.29. The zero-order chi connectivity index (χ0) is 21.0. The molecule has 5 rings (SSSR count). The molecule has 0 saturated carbocycles. The highest BCUT2D eigenvalue weighted by Crippen LogP contribution is 2.54. The highest BCUT2D eigenvalue weighted by Gasteiger charge is 2.70. The molecule has 154 valence electrons. The van der Waals surface area contributed by atoms with Gasteiger partial charge in [0.2, 0.25) is 17.7 Å². The van der Waals surface area contributed by atoms with Gasteiger partial charge >= 0.3 is 0 Å². The van der Waals surface area contributed by atoms with E-state index in [0.29, 0.717) is 22.3 Å². The van der Waals surface area contributed by atoms with Crippen LogP contribution in [0, 0.1) is 11.8 Å². The summed E-state index contributed by atoms with van der Waals surface area (Å²) in [6.07, 6.45) is 2.71. The number of para-hydroxylation sites is 2. The molecule has 8 heteroatoms. The predicted molar refractivity (Wildman–Crippen MR) is 120 cm³/mol. The summed E-state index contributed by atoms with van der Waals surface area (Å²) < 4.78 is 0.672. The molecular weight excluding hydrogens is 466 g/mol. The van der Waals surface area contributed by atoms with Crippen molar-refractivity contribution in [1.29, 1.82) is 0 Å². The Morgan fingerprint density at radius 2 is 1.80 bits per heavy atom. The zero-order valence-electron chi connectivity index (χ0n) is 16.2. The van der Waals surface area contributed by atoms with E-state index >= 15 is 0 Å². The average molecular weight is 486 g/mol. The van der Waals surface area contributed by atoms with Gasteiger partial charge in [-0.15, -0.1) is 0 Å². The maximum Gasteiger partial charge on any atom is 0.250 e. The minimum absolute atomic E-state index is 0.246. The fraction of sp³-hybridized carbons (Fsp3) is 0.318. The van der Waals surface area contributed by atoms with E-state index in [4.69, 9.17) is 0 Å². The van der Waals surface area contributed by atoms with E-state index in [1.54, 1.807) is 30.0 Å². The largest absolute Gasteiger partial charge is 0.324 e. The lowest BCUT2D eigenvalue weighted by molar-refractivity contribution is -0.130. The molecule has 2 aromatic carbocycles. The number of nitrogens with one attached hydrogen (secondary N) is 2. The monoisotopic (exact) mass is 485 g/mol. The number of fused-ring (bicyclic) bond motifs is 4. The molecule has 2 aromatic rings. The summed E-state index contributed by atoms with van der Waals surface area (Å²) in [6, 6.07) is 14.3. The van der Waals surface area contributed by atoms with Crippen molar-refractivity contribution in [3.8, 4) is 0 Å². The van der Waals surface area contributed by atoms with Gasteiger partial charge in [0.1, 0.15) is 5.54 Å². The van der Waals surface area contributed by atoms with Gasteiger partial charge in [-0.25, -0.2) is 4.90 Å². The summed E-state index contributed by atoms with van der Waals surface area (Å²) in [5.41, 5.74) is 0.727. The minimum atomic E-state index is -1.23. The number of imide groups is 1. The number of carbonyl (C=O) groups excluding carboxylic acids is 3. The van der Waals surface area contributed by atoms with E-state index in [9.17, 15) is 14.4 Å². The SMILES string of the molecule is CSCCC1NC2(C(=O)Nc3ccccc32)C2C(=O)N(c3ccccc3Br)C(=O)C12. The molecule has 0 bridgehead atoms. The summed E-state index contributed by atoms with van der Waals surface area (Å²) >= 11 is 5.15. The average Bonchev–Trinajstić information content (AvgIpc) is 3.32. The Morgan fingerprint density at radius 1 is 1.07 bits per heavy atom. The molecule has 1 spiro atoms. The molecule has 4 unspecified atom stereocenters. The van der Waals surface area contributed by atoms with Crippen LogP contribution in [0.3, 0.4) is 0 Å². The molecule has 0 aliphatic carbocycles. The summed E-state index contributed by atoms with van der Waals surface area (Å²) in [7, 11) is 0. The second-order valence-electron chi connectivity index (χ2n) is 7.81. The van der Waals surface area contributed by atoms with E-state index < -0.39 is 17.4 Å². The number of thioether (sulfide) groups is 1. The molecule has 2 N–H and O–H groups in total. The topological polar surface area (TPSA) is 78.5 Å². The normalized spacial score (nSPS) is 29.5. The maximum absolute atomic E-state index is 13.7. The first-order chi connectivity index (χ1) is 14.5. The van der Waals surface area contributed by atoms with Crippen LogP contribution >= 0.6 is 27.7 Å². The molecule has 3 aliphatic rings. The quantitative estimate of drug-likeness (QED) is 0.650. The summed E-state index contributed by atoms with van der Waals surface area (Å²) in [4.78, 5) is 41.9. The third kappa shape index (κ3) is 2.57. The summed E-state index contributed by atoms with van der Waals surface area (Å²) in [5, 5.41) is 6.37. The Hall–Kier alpha value is -2.16. The van der Waals surface area contributed by atoms with Crippen LogP contribution in [0.2, 0.25) is 0 Å². The number of benzene rings is 2. The van der Waals surface area contributed by atoms with Gasteiger partial charge in [-0.3, -0.25) is 19.7 Å². The van der Waals surface area contributed by atoms with Gasteiger partial charge in [-0.05, 0) is 52.6 Å². The van der Waals surface area contributed by atoms with Crippen LogP contribution < -0.4 is 15.5 Å². The van der Waals surface area contributed by atoms with Crippen LogP contribution in [-0.4, -0.2) is 35.8 Å². The standard InChI is InChI=1S/C22H20BrN3O3S/c1-30-11-10-15-17-18(20(28)26(19(17)27)16-9-5-3-7-13(16)23)22(25-15)12-6-2-4-8-14(12)24-21(22)29/h2-9,15,17-18,25H,10-11H2,1H3,(H,24,29). The van der Waals surface area contributed by atoms with Crippen LogP contribution in [0.4, 0.5) is 11.4 Å². The van der Waals surface area contributed by atoms with Crippen molar-refractivity contribution in [3.05, 3.63) is 58.6 Å². The molecule has 0 radical (unpaired) electrons. The van der Waals surface area contributed by atoms with Crippen LogP contribution in [0.15, 0.2) is 53.0 Å². The number of halogens is 1. The second kappa shape index (κ2) is 7.21. The number of anilines is 2. The molecule has 3 aliphatic heterocycles. The number of nitrogens with zero attached hydrogens (tertiary/aromatic N) is 1. The lowest BCUT2D eigenvalue weighted by Crippen LogP contribution is -2.53. The first-order valence-electron chi connectivity index (χ1n) is 9.80. The van der Waals surface area contributed by atoms with Crippen molar-refractivity contribution < 1.29 is 14.4 Å². The second-order valence-corrected chi connectivity index (χ2v) is 9.65. The number of hydrogen-bond donors (Lipinski definition) is 2. The third-order valence-electron chi connectivity index (χ3n) is 6.35. The number of carbonyl (C=O) groups is 3. The highest BCUT2D eigenvalue weighted by molar-refractivity contribution is 9.10. The van der Waals surface area contributed by atoms with Crippen molar-refractivity contribution in [2.75, 3.05) is 22.2 Å². The Labute approximate surface area is 186 Å². The van der Waals surface area contributed by atoms with Gasteiger partial charge < -0.3 is 5.32 Å². The zero-order valence-corrected chi connectivity index (χ0v) is 18.6. The highest BCUT2D eigenvalue weighted by atomic mass is 79.9. The van der Waals surface area contributed by atoms with Gasteiger partial charge in [-0.1, -0.05) is 30.3 Å². The van der Waals surface area contributed by atoms with Gasteiger partial charge in [0.05, 0.1) is 17.5 Å². The van der Waals surface area contributed by atoms with Crippen molar-refractivity contribution >= 4 is 56.8 Å². The van der Waals surface area contributed by atoms with Crippen LogP contribution in [0.25, 0.3) is 0 Å². The van der Waals surface area contributed by atoms with E-state index in [0.717, 1.165) is 11.3 Å². The number of rotatable bonds is 4.